The summed E-state index contributed by atoms with van der Waals surface area (Å²) >= 11 is 5.79. The molecule has 14 heavy (non-hydrogen) atoms. The molecular weight excluding hydrogens is 202 g/mol. The Balaban J connectivity index is 2.85. The number of fused-ring (bicyclic) bond motifs is 1. The first-order valence-corrected chi connectivity index (χ1v) is 4.46. The van der Waals surface area contributed by atoms with Gasteiger partial charge in [0.15, 0.2) is 11.4 Å². The van der Waals surface area contributed by atoms with Crippen molar-refractivity contribution in [3.63, 3.8) is 0 Å². The van der Waals surface area contributed by atoms with E-state index in [-0.39, 0.29) is 5.78 Å². The number of carbonyl (C=O) groups excluding carboxylic acids is 1. The summed E-state index contributed by atoms with van der Waals surface area (Å²) in [6, 6.07) is 1.70. The van der Waals surface area contributed by atoms with Crippen LogP contribution in [0.25, 0.3) is 11.0 Å². The molecule has 0 aliphatic carbocycles. The second-order valence-corrected chi connectivity index (χ2v) is 3.49. The Morgan fingerprint density at radius 3 is 2.93 bits per heavy atom. The van der Waals surface area contributed by atoms with Gasteiger partial charge in [0.1, 0.15) is 5.69 Å². The van der Waals surface area contributed by atoms with E-state index >= 15 is 0 Å². The maximum absolute atomic E-state index is 11.2. The molecule has 72 valence electrons. The van der Waals surface area contributed by atoms with E-state index in [1.807, 2.05) is 0 Å². The highest BCUT2D eigenvalue weighted by Crippen LogP contribution is 2.19. The lowest BCUT2D eigenvalue weighted by Crippen LogP contribution is -1.96. The fourth-order valence-corrected chi connectivity index (χ4v) is 1.53. The van der Waals surface area contributed by atoms with Crippen LogP contribution >= 0.6 is 11.6 Å². The number of rotatable bonds is 1. The first-order chi connectivity index (χ1) is 6.59. The number of carbonyl (C=O) groups is 1. The quantitative estimate of drug-likeness (QED) is 0.674. The van der Waals surface area contributed by atoms with Gasteiger partial charge in [0.05, 0.1) is 10.4 Å². The van der Waals surface area contributed by atoms with Gasteiger partial charge in [-0.1, -0.05) is 11.6 Å². The lowest BCUT2D eigenvalue weighted by molar-refractivity contribution is 0.101. The van der Waals surface area contributed by atoms with Crippen LogP contribution in [0.15, 0.2) is 12.3 Å². The summed E-state index contributed by atoms with van der Waals surface area (Å²) < 4.78 is 1.57. The number of Topliss-reactive ketones (excluding diaryl/α,β-unsaturated/α-hetero) is 1. The maximum Gasteiger partial charge on any atom is 0.180 e. The van der Waals surface area contributed by atoms with Crippen molar-refractivity contribution in [1.29, 1.82) is 0 Å². The summed E-state index contributed by atoms with van der Waals surface area (Å²) in [5.74, 6) is -0.0836. The summed E-state index contributed by atoms with van der Waals surface area (Å²) in [4.78, 5) is 15.3. The monoisotopic (exact) mass is 209 g/mol. The molecule has 0 fully saturated rings. The number of ketones is 1. The third kappa shape index (κ3) is 1.28. The zero-order valence-corrected chi connectivity index (χ0v) is 8.54. The van der Waals surface area contributed by atoms with Crippen LogP contribution in [0.4, 0.5) is 0 Å². The molecule has 2 heterocycles. The van der Waals surface area contributed by atoms with E-state index in [9.17, 15) is 4.79 Å². The van der Waals surface area contributed by atoms with Crippen LogP contribution in [0.5, 0.6) is 0 Å². The molecule has 2 aromatic rings. The Labute approximate surface area is 85.5 Å². The first-order valence-electron chi connectivity index (χ1n) is 4.09. The van der Waals surface area contributed by atoms with Crippen molar-refractivity contribution < 1.29 is 4.79 Å². The Hall–Kier alpha value is -1.42. The fraction of sp³-hybridized carbons (Fsp3) is 0.222. The smallest absolute Gasteiger partial charge is 0.180 e. The van der Waals surface area contributed by atoms with Crippen LogP contribution in [-0.2, 0) is 7.05 Å². The standard InChI is InChI=1S/C9H8ClN3O/c1-5(14)8-7-3-6(10)4-11-9(7)13(2)12-8/h3-4H,1-2H3. The van der Waals surface area contributed by atoms with Gasteiger partial charge >= 0.3 is 0 Å². The van der Waals surface area contributed by atoms with E-state index in [1.54, 1.807) is 17.8 Å². The Morgan fingerprint density at radius 2 is 2.29 bits per heavy atom. The van der Waals surface area contributed by atoms with Gasteiger partial charge in [-0.25, -0.2) is 9.67 Å². The van der Waals surface area contributed by atoms with Crippen LogP contribution in [0, 0.1) is 0 Å². The van der Waals surface area contributed by atoms with Gasteiger partial charge in [-0.3, -0.25) is 4.79 Å². The summed E-state index contributed by atoms with van der Waals surface area (Å²) in [5, 5.41) is 5.29. The number of halogens is 1. The van der Waals surface area contributed by atoms with Gasteiger partial charge in [0.2, 0.25) is 0 Å². The average molecular weight is 210 g/mol. The lowest BCUT2D eigenvalue weighted by atomic mass is 10.2. The van der Waals surface area contributed by atoms with Crippen molar-refractivity contribution in [2.45, 2.75) is 6.92 Å². The number of hydrogen-bond donors (Lipinski definition) is 0. The fourth-order valence-electron chi connectivity index (χ4n) is 1.38. The van der Waals surface area contributed by atoms with Crippen molar-refractivity contribution in [3.8, 4) is 0 Å². The molecule has 0 aliphatic heterocycles. The average Bonchev–Trinajstić information content (AvgIpc) is 2.43. The van der Waals surface area contributed by atoms with Crippen LogP contribution in [0.1, 0.15) is 17.4 Å². The third-order valence-corrected chi connectivity index (χ3v) is 2.19. The molecule has 0 amide bonds. The molecule has 2 aromatic heterocycles. The molecule has 2 rings (SSSR count). The minimum absolute atomic E-state index is 0.0836. The molecule has 0 aromatic carbocycles. The van der Waals surface area contributed by atoms with Gasteiger partial charge in [0.25, 0.3) is 0 Å². The number of pyridine rings is 1. The molecule has 0 N–H and O–H groups in total. The van der Waals surface area contributed by atoms with Crippen LogP contribution < -0.4 is 0 Å². The molecule has 0 bridgehead atoms. The predicted molar refractivity (Wildman–Crippen MR) is 53.5 cm³/mol. The van der Waals surface area contributed by atoms with E-state index in [0.717, 1.165) is 0 Å². The highest BCUT2D eigenvalue weighted by atomic mass is 35.5. The molecule has 0 spiro atoms. The Bertz CT molecular complexity index is 518. The summed E-state index contributed by atoms with van der Waals surface area (Å²) in [6.45, 7) is 1.47. The van der Waals surface area contributed by atoms with Crippen molar-refractivity contribution in [2.75, 3.05) is 0 Å². The van der Waals surface area contributed by atoms with Crippen molar-refractivity contribution in [3.05, 3.63) is 23.0 Å². The summed E-state index contributed by atoms with van der Waals surface area (Å²) in [5.41, 5.74) is 1.08. The van der Waals surface area contributed by atoms with Gasteiger partial charge in [0, 0.05) is 20.2 Å². The van der Waals surface area contributed by atoms with Crippen LogP contribution in [-0.4, -0.2) is 20.5 Å². The van der Waals surface area contributed by atoms with E-state index in [4.69, 9.17) is 11.6 Å². The zero-order valence-electron chi connectivity index (χ0n) is 7.78. The lowest BCUT2D eigenvalue weighted by Gasteiger charge is -1.92. The number of aryl methyl sites for hydroxylation is 1. The third-order valence-electron chi connectivity index (χ3n) is 1.98. The zero-order chi connectivity index (χ0) is 10.3. The maximum atomic E-state index is 11.2. The van der Waals surface area contributed by atoms with Gasteiger partial charge in [-0.05, 0) is 6.07 Å². The normalized spacial score (nSPS) is 10.8. The Kier molecular flexibility index (Phi) is 2.00. The molecule has 0 saturated carbocycles. The highest BCUT2D eigenvalue weighted by molar-refractivity contribution is 6.31. The molecule has 4 nitrogen and oxygen atoms in total. The predicted octanol–water partition coefficient (Wildman–Crippen LogP) is 1.82. The molecule has 0 aliphatic rings. The minimum atomic E-state index is -0.0836. The largest absolute Gasteiger partial charge is 0.293 e. The van der Waals surface area contributed by atoms with Crippen molar-refractivity contribution in [2.24, 2.45) is 7.05 Å². The molecule has 0 unspecified atom stereocenters. The summed E-state index contributed by atoms with van der Waals surface area (Å²) in [6.07, 6.45) is 1.54. The van der Waals surface area contributed by atoms with E-state index in [1.165, 1.54) is 13.1 Å². The first kappa shape index (κ1) is 9.15. The molecule has 0 radical (unpaired) electrons. The van der Waals surface area contributed by atoms with Crippen LogP contribution in [0.2, 0.25) is 5.02 Å². The van der Waals surface area contributed by atoms with Gasteiger partial charge < -0.3 is 0 Å². The minimum Gasteiger partial charge on any atom is -0.293 e. The van der Waals surface area contributed by atoms with E-state index < -0.39 is 0 Å². The summed E-state index contributed by atoms with van der Waals surface area (Å²) in [7, 11) is 1.75. The second kappa shape index (κ2) is 3.06. The van der Waals surface area contributed by atoms with Gasteiger partial charge in [-0.2, -0.15) is 5.10 Å². The SMILES string of the molecule is CC(=O)c1nn(C)c2ncc(Cl)cc12. The molecular formula is C9H8ClN3O. The van der Waals surface area contributed by atoms with Crippen molar-refractivity contribution in [1.82, 2.24) is 14.8 Å². The number of nitrogens with zero attached hydrogens (tertiary/aromatic N) is 3. The topological polar surface area (TPSA) is 47.8 Å². The van der Waals surface area contributed by atoms with Crippen LogP contribution in [0.3, 0.4) is 0 Å². The molecule has 5 heteroatoms. The van der Waals surface area contributed by atoms with E-state index in [2.05, 4.69) is 10.1 Å². The van der Waals surface area contributed by atoms with Gasteiger partial charge in [-0.15, -0.1) is 0 Å². The highest BCUT2D eigenvalue weighted by Gasteiger charge is 2.13. The number of hydrogen-bond acceptors (Lipinski definition) is 3. The molecule has 0 saturated heterocycles. The Morgan fingerprint density at radius 1 is 1.57 bits per heavy atom. The van der Waals surface area contributed by atoms with Crippen molar-refractivity contribution >= 4 is 28.4 Å². The molecule has 0 atom stereocenters. The van der Waals surface area contributed by atoms with E-state index in [0.29, 0.717) is 21.7 Å². The second-order valence-electron chi connectivity index (χ2n) is 3.05. The number of aromatic nitrogens is 3.